The monoisotopic (exact) mass is 500 g/mol. The van der Waals surface area contributed by atoms with E-state index in [2.05, 4.69) is 25.7 Å². The molecule has 2 N–H and O–H groups in total. The van der Waals surface area contributed by atoms with E-state index >= 15 is 0 Å². The first kappa shape index (κ1) is 24.6. The molecule has 0 fully saturated rings. The van der Waals surface area contributed by atoms with Gasteiger partial charge in [-0.15, -0.1) is 5.10 Å². The lowest BCUT2D eigenvalue weighted by Gasteiger charge is -2.15. The van der Waals surface area contributed by atoms with E-state index in [9.17, 15) is 22.8 Å². The molecule has 0 spiro atoms. The predicted octanol–water partition coefficient (Wildman–Crippen LogP) is 4.33. The number of halogens is 4. The molecule has 3 rings (SSSR count). The number of aromatic nitrogens is 4. The lowest BCUT2D eigenvalue weighted by molar-refractivity contribution is -0.137. The van der Waals surface area contributed by atoms with E-state index in [4.69, 9.17) is 11.6 Å². The van der Waals surface area contributed by atoms with Crippen LogP contribution in [0.15, 0.2) is 24.4 Å². The molecule has 13 heteroatoms. The summed E-state index contributed by atoms with van der Waals surface area (Å²) in [6, 6.07) is 1.83. The molecule has 0 saturated heterocycles. The van der Waals surface area contributed by atoms with Gasteiger partial charge in [0.05, 0.1) is 17.8 Å². The molecule has 2 aromatic heterocycles. The highest BCUT2D eigenvalue weighted by Gasteiger charge is 2.32. The normalized spacial score (nSPS) is 12.6. The zero-order valence-electron chi connectivity index (χ0n) is 18.0. The summed E-state index contributed by atoms with van der Waals surface area (Å²) in [5.41, 5.74) is -1.27. The third-order valence-corrected chi connectivity index (χ3v) is 5.47. The molecular formula is C20H20ClF3N6O2S. The van der Waals surface area contributed by atoms with E-state index in [0.717, 1.165) is 29.5 Å². The number of carbonyl (C=O) groups is 2. The first-order valence-electron chi connectivity index (χ1n) is 9.74. The summed E-state index contributed by atoms with van der Waals surface area (Å²) in [4.78, 5) is 33.8. The Balaban J connectivity index is 1.85. The number of aryl methyl sites for hydroxylation is 1. The van der Waals surface area contributed by atoms with Crippen LogP contribution in [0, 0.1) is 6.92 Å². The van der Waals surface area contributed by atoms with Crippen LogP contribution in [0.2, 0.25) is 5.02 Å². The Morgan fingerprint density at radius 2 is 1.82 bits per heavy atom. The summed E-state index contributed by atoms with van der Waals surface area (Å²) in [7, 11) is 0. The Kier molecular flexibility index (Phi) is 7.08. The summed E-state index contributed by atoms with van der Waals surface area (Å²) < 4.78 is 40.6. The molecule has 1 atom stereocenters. The molecule has 176 valence electrons. The highest BCUT2D eigenvalue weighted by molar-refractivity contribution is 7.16. The molecule has 0 aliphatic carbocycles. The number of rotatable bonds is 6. The van der Waals surface area contributed by atoms with Crippen LogP contribution in [0.3, 0.4) is 0 Å². The maximum Gasteiger partial charge on any atom is 0.416 e. The number of hydrogen-bond acceptors (Lipinski definition) is 6. The molecule has 2 heterocycles. The van der Waals surface area contributed by atoms with Crippen LogP contribution in [0.4, 0.5) is 13.2 Å². The molecule has 0 bridgehead atoms. The number of benzene rings is 1. The molecule has 2 amide bonds. The molecule has 8 nitrogen and oxygen atoms in total. The number of nitrogens with zero attached hydrogens (tertiary/aromatic N) is 4. The molecule has 33 heavy (non-hydrogen) atoms. The third kappa shape index (κ3) is 5.88. The van der Waals surface area contributed by atoms with Crippen molar-refractivity contribution in [2.45, 2.75) is 46.0 Å². The van der Waals surface area contributed by atoms with Gasteiger partial charge in [-0.3, -0.25) is 9.59 Å². The zero-order chi connectivity index (χ0) is 24.5. The molecule has 1 aromatic carbocycles. The third-order valence-electron chi connectivity index (χ3n) is 4.28. The van der Waals surface area contributed by atoms with Crippen molar-refractivity contribution in [2.75, 3.05) is 0 Å². The minimum absolute atomic E-state index is 0.0492. The zero-order valence-corrected chi connectivity index (χ0v) is 19.6. The second-order valence-electron chi connectivity index (χ2n) is 7.49. The van der Waals surface area contributed by atoms with Gasteiger partial charge in [-0.05, 0) is 45.9 Å². The summed E-state index contributed by atoms with van der Waals surface area (Å²) >= 11 is 6.86. The Labute approximate surface area is 196 Å². The van der Waals surface area contributed by atoms with Crippen LogP contribution in [0.1, 0.15) is 64.1 Å². The first-order chi connectivity index (χ1) is 15.3. The van der Waals surface area contributed by atoms with Crippen LogP contribution in [-0.2, 0) is 6.18 Å². The Bertz CT molecular complexity index is 1190. The largest absolute Gasteiger partial charge is 0.416 e. The average Bonchev–Trinajstić information content (AvgIpc) is 3.33. The number of nitrogens with one attached hydrogen (secondary N) is 2. The number of alkyl halides is 3. The second-order valence-corrected chi connectivity index (χ2v) is 8.93. The highest BCUT2D eigenvalue weighted by Crippen LogP contribution is 2.32. The van der Waals surface area contributed by atoms with Crippen LogP contribution >= 0.6 is 22.9 Å². The quantitative estimate of drug-likeness (QED) is 0.524. The van der Waals surface area contributed by atoms with Crippen LogP contribution in [0.25, 0.3) is 5.13 Å². The predicted molar refractivity (Wildman–Crippen MR) is 117 cm³/mol. The Morgan fingerprint density at radius 3 is 2.45 bits per heavy atom. The van der Waals surface area contributed by atoms with Crippen molar-refractivity contribution in [1.29, 1.82) is 0 Å². The van der Waals surface area contributed by atoms with Gasteiger partial charge in [0.1, 0.15) is 10.7 Å². The van der Waals surface area contributed by atoms with Crippen LogP contribution in [-0.4, -0.2) is 37.6 Å². The van der Waals surface area contributed by atoms with Crippen molar-refractivity contribution in [3.63, 3.8) is 0 Å². The first-order valence-corrected chi connectivity index (χ1v) is 10.9. The number of amides is 2. The van der Waals surface area contributed by atoms with Crippen molar-refractivity contribution in [1.82, 2.24) is 30.4 Å². The number of thiazole rings is 1. The van der Waals surface area contributed by atoms with Gasteiger partial charge in [0.25, 0.3) is 11.8 Å². The van der Waals surface area contributed by atoms with Crippen molar-refractivity contribution >= 4 is 34.8 Å². The van der Waals surface area contributed by atoms with E-state index in [1.807, 2.05) is 13.8 Å². The summed E-state index contributed by atoms with van der Waals surface area (Å²) in [6.07, 6.45) is -3.24. The van der Waals surface area contributed by atoms with Gasteiger partial charge >= 0.3 is 6.18 Å². The summed E-state index contributed by atoms with van der Waals surface area (Å²) in [6.45, 7) is 6.91. The minimum Gasteiger partial charge on any atom is -0.349 e. The fourth-order valence-corrected chi connectivity index (χ4v) is 3.90. The van der Waals surface area contributed by atoms with Crippen molar-refractivity contribution < 1.29 is 22.8 Å². The molecule has 1 unspecified atom stereocenters. The van der Waals surface area contributed by atoms with Crippen molar-refractivity contribution in [3.05, 3.63) is 57.1 Å². The fraction of sp³-hybridized carbons (Fsp3) is 0.350. The van der Waals surface area contributed by atoms with E-state index < -0.39 is 23.7 Å². The van der Waals surface area contributed by atoms with E-state index in [0.29, 0.717) is 21.7 Å². The Hall–Kier alpha value is -2.99. The van der Waals surface area contributed by atoms with Gasteiger partial charge in [0.2, 0.25) is 5.13 Å². The average molecular weight is 501 g/mol. The van der Waals surface area contributed by atoms with E-state index in [1.54, 1.807) is 13.8 Å². The van der Waals surface area contributed by atoms with Gasteiger partial charge in [0, 0.05) is 16.6 Å². The molecule has 3 aromatic rings. The highest BCUT2D eigenvalue weighted by atomic mass is 35.5. The van der Waals surface area contributed by atoms with Gasteiger partial charge in [-0.2, -0.15) is 17.9 Å². The van der Waals surface area contributed by atoms with E-state index in [1.165, 1.54) is 10.9 Å². The molecule has 0 aliphatic rings. The van der Waals surface area contributed by atoms with Gasteiger partial charge in [-0.1, -0.05) is 22.9 Å². The smallest absolute Gasteiger partial charge is 0.349 e. The maximum atomic E-state index is 13.1. The fourth-order valence-electron chi connectivity index (χ4n) is 2.88. The van der Waals surface area contributed by atoms with Crippen molar-refractivity contribution in [3.8, 4) is 5.13 Å². The second kappa shape index (κ2) is 9.48. The van der Waals surface area contributed by atoms with Crippen LogP contribution < -0.4 is 10.6 Å². The number of hydrogen-bond donors (Lipinski definition) is 2. The summed E-state index contributed by atoms with van der Waals surface area (Å²) in [5.74, 6) is -0.366. The van der Waals surface area contributed by atoms with Gasteiger partial charge in [0.15, 0.2) is 5.82 Å². The standard InChI is InChI=1S/C20H20ClF3N6O2S/c1-9(2)26-18(32)15-8-25-19(33-15)30-16(28-11(4)29-30)10(3)27-17(31)12-5-13(20(22,23)24)7-14(21)6-12/h5-10H,1-4H3,(H,26,32)(H,27,31). The molecular weight excluding hydrogens is 481 g/mol. The SMILES string of the molecule is Cc1nc(C(C)NC(=O)c2cc(Cl)cc(C(F)(F)F)c2)n(-c2ncc(C(=O)NC(C)C)s2)n1. The van der Waals surface area contributed by atoms with Gasteiger partial charge in [-0.25, -0.2) is 9.97 Å². The minimum atomic E-state index is -4.65. The molecule has 0 aliphatic heterocycles. The van der Waals surface area contributed by atoms with Gasteiger partial charge < -0.3 is 10.6 Å². The maximum absolute atomic E-state index is 13.1. The number of carbonyl (C=O) groups excluding carboxylic acids is 2. The lowest BCUT2D eigenvalue weighted by atomic mass is 10.1. The lowest BCUT2D eigenvalue weighted by Crippen LogP contribution is -2.29. The van der Waals surface area contributed by atoms with Crippen LogP contribution in [0.5, 0.6) is 0 Å². The van der Waals surface area contributed by atoms with E-state index in [-0.39, 0.29) is 22.5 Å². The molecule has 0 radical (unpaired) electrons. The summed E-state index contributed by atoms with van der Waals surface area (Å²) in [5, 5.41) is 9.79. The Morgan fingerprint density at radius 1 is 1.12 bits per heavy atom. The molecule has 0 saturated carbocycles. The van der Waals surface area contributed by atoms with Crippen molar-refractivity contribution in [2.24, 2.45) is 0 Å². The topological polar surface area (TPSA) is 102 Å².